The summed E-state index contributed by atoms with van der Waals surface area (Å²) in [5.41, 5.74) is 6.31. The highest BCUT2D eigenvalue weighted by Crippen LogP contribution is 2.22. The molecule has 1 rings (SSSR count). The van der Waals surface area contributed by atoms with Crippen molar-refractivity contribution >= 4 is 0 Å². The Morgan fingerprint density at radius 2 is 1.89 bits per heavy atom. The molecule has 0 heterocycles. The summed E-state index contributed by atoms with van der Waals surface area (Å²) in [4.78, 5) is 0. The van der Waals surface area contributed by atoms with Gasteiger partial charge in [0.05, 0.1) is 6.04 Å². The van der Waals surface area contributed by atoms with Crippen LogP contribution in [0.25, 0.3) is 0 Å². The lowest BCUT2D eigenvalue weighted by atomic mass is 10.1. The standard InChI is InChI=1S/C13H14F3NO/c1-2-3-11(17)7-4-10-5-8-12(9-6-10)18-13(14,15)16/h5-6,8-9,11H,2-3,17H2,1H3. The lowest BCUT2D eigenvalue weighted by molar-refractivity contribution is -0.274. The Labute approximate surface area is 104 Å². The van der Waals surface area contributed by atoms with E-state index in [-0.39, 0.29) is 11.8 Å². The smallest absolute Gasteiger partial charge is 0.406 e. The van der Waals surface area contributed by atoms with Crippen LogP contribution in [0, 0.1) is 11.8 Å². The predicted octanol–water partition coefficient (Wildman–Crippen LogP) is 3.06. The Hall–Kier alpha value is -1.67. The van der Waals surface area contributed by atoms with E-state index in [0.717, 1.165) is 12.8 Å². The van der Waals surface area contributed by atoms with Crippen LogP contribution in [-0.2, 0) is 0 Å². The van der Waals surface area contributed by atoms with E-state index in [1.54, 1.807) is 0 Å². The first-order valence-electron chi connectivity index (χ1n) is 5.53. The summed E-state index contributed by atoms with van der Waals surface area (Å²) < 4.78 is 39.5. The maximum Gasteiger partial charge on any atom is 0.573 e. The van der Waals surface area contributed by atoms with E-state index in [4.69, 9.17) is 5.73 Å². The van der Waals surface area contributed by atoms with Crippen molar-refractivity contribution in [2.75, 3.05) is 0 Å². The number of hydrogen-bond donors (Lipinski definition) is 1. The minimum absolute atomic E-state index is 0.207. The maximum atomic E-state index is 11.9. The molecule has 2 N–H and O–H groups in total. The summed E-state index contributed by atoms with van der Waals surface area (Å²) in [5, 5.41) is 0. The normalized spacial score (nSPS) is 12.5. The average molecular weight is 257 g/mol. The highest BCUT2D eigenvalue weighted by Gasteiger charge is 2.30. The van der Waals surface area contributed by atoms with Crippen LogP contribution in [0.3, 0.4) is 0 Å². The van der Waals surface area contributed by atoms with Crippen molar-refractivity contribution in [3.8, 4) is 17.6 Å². The number of nitrogens with two attached hydrogens (primary N) is 1. The van der Waals surface area contributed by atoms with Crippen molar-refractivity contribution in [1.82, 2.24) is 0 Å². The molecule has 0 aliphatic heterocycles. The van der Waals surface area contributed by atoms with Gasteiger partial charge in [0.25, 0.3) is 0 Å². The van der Waals surface area contributed by atoms with E-state index in [9.17, 15) is 13.2 Å². The van der Waals surface area contributed by atoms with Crippen LogP contribution in [0.1, 0.15) is 25.3 Å². The molecule has 98 valence electrons. The molecule has 1 unspecified atom stereocenters. The Bertz CT molecular complexity index is 428. The number of ether oxygens (including phenoxy) is 1. The Kier molecular flexibility index (Phi) is 5.05. The molecule has 0 aliphatic carbocycles. The molecule has 1 aromatic carbocycles. The lowest BCUT2D eigenvalue weighted by Gasteiger charge is -2.08. The molecule has 0 spiro atoms. The Morgan fingerprint density at radius 3 is 2.39 bits per heavy atom. The second kappa shape index (κ2) is 6.31. The monoisotopic (exact) mass is 257 g/mol. The first kappa shape index (κ1) is 14.4. The third-order valence-corrected chi connectivity index (χ3v) is 2.09. The van der Waals surface area contributed by atoms with E-state index >= 15 is 0 Å². The van der Waals surface area contributed by atoms with Gasteiger partial charge >= 0.3 is 6.36 Å². The minimum Gasteiger partial charge on any atom is -0.406 e. The van der Waals surface area contributed by atoms with E-state index in [2.05, 4.69) is 16.6 Å². The summed E-state index contributed by atoms with van der Waals surface area (Å²) in [6.45, 7) is 2.00. The van der Waals surface area contributed by atoms with Crippen molar-refractivity contribution in [2.45, 2.75) is 32.2 Å². The molecule has 0 amide bonds. The molecule has 0 aliphatic rings. The molecule has 0 aromatic heterocycles. The predicted molar refractivity (Wildman–Crippen MR) is 62.9 cm³/mol. The average Bonchev–Trinajstić information content (AvgIpc) is 2.26. The first-order chi connectivity index (χ1) is 8.40. The second-order valence-electron chi connectivity index (χ2n) is 3.74. The Morgan fingerprint density at radius 1 is 1.28 bits per heavy atom. The fraction of sp³-hybridized carbons (Fsp3) is 0.385. The maximum absolute atomic E-state index is 11.9. The van der Waals surface area contributed by atoms with Gasteiger partial charge < -0.3 is 10.5 Å². The number of halogens is 3. The summed E-state index contributed by atoms with van der Waals surface area (Å²) in [7, 11) is 0. The largest absolute Gasteiger partial charge is 0.573 e. The number of benzene rings is 1. The molecule has 5 heteroatoms. The van der Waals surface area contributed by atoms with E-state index in [0.29, 0.717) is 5.56 Å². The molecule has 1 aromatic rings. The summed E-state index contributed by atoms with van der Waals surface area (Å²) in [5.74, 6) is 5.38. The van der Waals surface area contributed by atoms with Crippen molar-refractivity contribution in [1.29, 1.82) is 0 Å². The molecule has 0 saturated heterocycles. The van der Waals surface area contributed by atoms with Crippen LogP contribution < -0.4 is 10.5 Å². The van der Waals surface area contributed by atoms with Crippen LogP contribution in [0.4, 0.5) is 13.2 Å². The molecular weight excluding hydrogens is 243 g/mol. The van der Waals surface area contributed by atoms with Gasteiger partial charge in [0.1, 0.15) is 5.75 Å². The fourth-order valence-corrected chi connectivity index (χ4v) is 1.30. The van der Waals surface area contributed by atoms with E-state index in [1.807, 2.05) is 6.92 Å². The first-order valence-corrected chi connectivity index (χ1v) is 5.53. The van der Waals surface area contributed by atoms with Crippen molar-refractivity contribution in [3.63, 3.8) is 0 Å². The molecule has 0 fully saturated rings. The van der Waals surface area contributed by atoms with Gasteiger partial charge in [0.2, 0.25) is 0 Å². The Balaban J connectivity index is 2.66. The van der Waals surface area contributed by atoms with E-state index < -0.39 is 6.36 Å². The highest BCUT2D eigenvalue weighted by molar-refractivity contribution is 5.38. The molecule has 1 atom stereocenters. The van der Waals surface area contributed by atoms with Gasteiger partial charge in [-0.15, -0.1) is 13.2 Å². The van der Waals surface area contributed by atoms with Crippen molar-refractivity contribution in [3.05, 3.63) is 29.8 Å². The molecule has 0 saturated carbocycles. The lowest BCUT2D eigenvalue weighted by Crippen LogP contribution is -2.17. The molecule has 2 nitrogen and oxygen atoms in total. The highest BCUT2D eigenvalue weighted by atomic mass is 19.4. The van der Waals surface area contributed by atoms with Crippen molar-refractivity contribution in [2.24, 2.45) is 5.73 Å². The van der Waals surface area contributed by atoms with Gasteiger partial charge in [-0.25, -0.2) is 0 Å². The van der Waals surface area contributed by atoms with Crippen LogP contribution >= 0.6 is 0 Å². The van der Waals surface area contributed by atoms with Gasteiger partial charge in [-0.3, -0.25) is 0 Å². The zero-order valence-electron chi connectivity index (χ0n) is 9.92. The minimum atomic E-state index is -4.67. The summed E-state index contributed by atoms with van der Waals surface area (Å²) in [6, 6.07) is 5.17. The topological polar surface area (TPSA) is 35.2 Å². The zero-order chi connectivity index (χ0) is 13.6. The van der Waals surface area contributed by atoms with Gasteiger partial charge in [0.15, 0.2) is 0 Å². The van der Waals surface area contributed by atoms with Gasteiger partial charge in [-0.05, 0) is 30.7 Å². The van der Waals surface area contributed by atoms with Gasteiger partial charge in [-0.2, -0.15) is 0 Å². The van der Waals surface area contributed by atoms with Crippen LogP contribution in [0.2, 0.25) is 0 Å². The van der Waals surface area contributed by atoms with Gasteiger partial charge in [0, 0.05) is 5.56 Å². The zero-order valence-corrected chi connectivity index (χ0v) is 9.92. The third kappa shape index (κ3) is 5.60. The third-order valence-electron chi connectivity index (χ3n) is 2.09. The quantitative estimate of drug-likeness (QED) is 0.845. The number of hydrogen-bond acceptors (Lipinski definition) is 2. The summed E-state index contributed by atoms with van der Waals surface area (Å²) in [6.07, 6.45) is -2.94. The second-order valence-corrected chi connectivity index (χ2v) is 3.74. The SMILES string of the molecule is CCCC(N)C#Cc1ccc(OC(F)(F)F)cc1. The van der Waals surface area contributed by atoms with Gasteiger partial charge in [-0.1, -0.05) is 25.2 Å². The molecule has 0 bridgehead atoms. The molecule has 18 heavy (non-hydrogen) atoms. The van der Waals surface area contributed by atoms with E-state index in [1.165, 1.54) is 24.3 Å². The van der Waals surface area contributed by atoms with Crippen molar-refractivity contribution < 1.29 is 17.9 Å². The van der Waals surface area contributed by atoms with Crippen LogP contribution in [-0.4, -0.2) is 12.4 Å². The number of alkyl halides is 3. The van der Waals surface area contributed by atoms with Crippen LogP contribution in [0.15, 0.2) is 24.3 Å². The number of rotatable bonds is 3. The summed E-state index contributed by atoms with van der Waals surface area (Å²) >= 11 is 0. The molecular formula is C13H14F3NO. The van der Waals surface area contributed by atoms with Crippen LogP contribution in [0.5, 0.6) is 5.75 Å². The molecule has 0 radical (unpaired) electrons. The fourth-order valence-electron chi connectivity index (χ4n) is 1.30.